The van der Waals surface area contributed by atoms with Crippen LogP contribution in [-0.4, -0.2) is 60.5 Å². The summed E-state index contributed by atoms with van der Waals surface area (Å²) in [6.45, 7) is 7.38. The van der Waals surface area contributed by atoms with E-state index in [0.717, 1.165) is 44.3 Å². The lowest BCUT2D eigenvalue weighted by molar-refractivity contribution is -0.132. The van der Waals surface area contributed by atoms with Gasteiger partial charge in [0, 0.05) is 56.8 Å². The zero-order valence-electron chi connectivity index (χ0n) is 11.7. The summed E-state index contributed by atoms with van der Waals surface area (Å²) in [5, 5.41) is 4.14. The third kappa shape index (κ3) is 4.26. The van der Waals surface area contributed by atoms with Gasteiger partial charge in [0.25, 0.3) is 0 Å². The molecule has 1 N–H and O–H groups in total. The lowest BCUT2D eigenvalue weighted by Gasteiger charge is -2.34. The molecular weight excluding hydrogens is 260 g/mol. The Morgan fingerprint density at radius 1 is 1.42 bits per heavy atom. The van der Waals surface area contributed by atoms with Crippen LogP contribution in [0.5, 0.6) is 0 Å². The predicted molar refractivity (Wildman–Crippen MR) is 77.3 cm³/mol. The Morgan fingerprint density at radius 3 is 2.74 bits per heavy atom. The normalized spacial score (nSPS) is 16.8. The second-order valence-corrected chi connectivity index (χ2v) is 6.18. The van der Waals surface area contributed by atoms with Crippen LogP contribution in [0.15, 0.2) is 6.20 Å². The standard InChI is InChI=1S/C13H22N4OS/c1-11-15-9-12(19-11)10-16-5-7-17(8-6-16)13(18)3-4-14-2/h9,14H,3-8,10H2,1-2H3. The second kappa shape index (κ2) is 6.98. The Bertz CT molecular complexity index is 413. The molecule has 0 aromatic carbocycles. The Balaban J connectivity index is 1.74. The molecule has 1 aliphatic rings. The summed E-state index contributed by atoms with van der Waals surface area (Å²) >= 11 is 1.76. The van der Waals surface area contributed by atoms with Crippen molar-refractivity contribution in [2.24, 2.45) is 0 Å². The molecule has 2 rings (SSSR count). The molecule has 0 unspecified atom stereocenters. The molecule has 0 radical (unpaired) electrons. The summed E-state index contributed by atoms with van der Waals surface area (Å²) in [6.07, 6.45) is 2.56. The lowest BCUT2D eigenvalue weighted by atomic mass is 10.2. The van der Waals surface area contributed by atoms with Crippen molar-refractivity contribution in [3.63, 3.8) is 0 Å². The van der Waals surface area contributed by atoms with Crippen LogP contribution in [0.2, 0.25) is 0 Å². The fourth-order valence-corrected chi connectivity index (χ4v) is 3.08. The number of nitrogens with one attached hydrogen (secondary N) is 1. The molecule has 1 fully saturated rings. The quantitative estimate of drug-likeness (QED) is 0.864. The number of carbonyl (C=O) groups is 1. The van der Waals surface area contributed by atoms with E-state index in [-0.39, 0.29) is 5.91 Å². The highest BCUT2D eigenvalue weighted by molar-refractivity contribution is 7.11. The summed E-state index contributed by atoms with van der Waals surface area (Å²) in [6, 6.07) is 0. The number of hydrogen-bond donors (Lipinski definition) is 1. The van der Waals surface area contributed by atoms with E-state index in [2.05, 4.69) is 15.2 Å². The number of amides is 1. The largest absolute Gasteiger partial charge is 0.340 e. The first kappa shape index (κ1) is 14.4. The molecule has 0 saturated carbocycles. The van der Waals surface area contributed by atoms with Crippen LogP contribution in [0, 0.1) is 6.92 Å². The van der Waals surface area contributed by atoms with E-state index in [4.69, 9.17) is 0 Å². The molecule has 106 valence electrons. The zero-order chi connectivity index (χ0) is 13.7. The Kier molecular flexibility index (Phi) is 5.30. The number of nitrogens with zero attached hydrogens (tertiary/aromatic N) is 3. The second-order valence-electron chi connectivity index (χ2n) is 4.86. The fraction of sp³-hybridized carbons (Fsp3) is 0.692. The number of hydrogen-bond acceptors (Lipinski definition) is 5. The summed E-state index contributed by atoms with van der Waals surface area (Å²) in [7, 11) is 1.88. The van der Waals surface area contributed by atoms with E-state index in [1.165, 1.54) is 4.88 Å². The maximum atomic E-state index is 11.9. The molecule has 0 aliphatic carbocycles. The van der Waals surface area contributed by atoms with Gasteiger partial charge in [0.1, 0.15) is 0 Å². The third-order valence-electron chi connectivity index (χ3n) is 3.36. The van der Waals surface area contributed by atoms with Crippen molar-refractivity contribution in [2.75, 3.05) is 39.8 Å². The molecule has 1 aliphatic heterocycles. The summed E-state index contributed by atoms with van der Waals surface area (Å²) in [5.74, 6) is 0.266. The Labute approximate surface area is 118 Å². The average Bonchev–Trinajstić information content (AvgIpc) is 2.82. The number of rotatable bonds is 5. The van der Waals surface area contributed by atoms with Crippen LogP contribution in [0.1, 0.15) is 16.3 Å². The average molecular weight is 282 g/mol. The van der Waals surface area contributed by atoms with Gasteiger partial charge >= 0.3 is 0 Å². The number of piperazine rings is 1. The minimum atomic E-state index is 0.266. The van der Waals surface area contributed by atoms with Crippen molar-refractivity contribution in [2.45, 2.75) is 19.9 Å². The van der Waals surface area contributed by atoms with E-state index in [1.807, 2.05) is 25.1 Å². The molecule has 2 heterocycles. The molecule has 1 aromatic heterocycles. The van der Waals surface area contributed by atoms with Crippen molar-refractivity contribution in [3.05, 3.63) is 16.1 Å². The highest BCUT2D eigenvalue weighted by atomic mass is 32.1. The van der Waals surface area contributed by atoms with E-state index in [9.17, 15) is 4.79 Å². The van der Waals surface area contributed by atoms with Gasteiger partial charge in [-0.3, -0.25) is 9.69 Å². The molecule has 0 atom stereocenters. The first-order valence-corrected chi connectivity index (χ1v) is 7.56. The van der Waals surface area contributed by atoms with E-state index in [1.54, 1.807) is 11.3 Å². The topological polar surface area (TPSA) is 48.5 Å². The lowest BCUT2D eigenvalue weighted by Crippen LogP contribution is -2.48. The summed E-state index contributed by atoms with van der Waals surface area (Å²) in [4.78, 5) is 21.9. The summed E-state index contributed by atoms with van der Waals surface area (Å²) < 4.78 is 0. The van der Waals surface area contributed by atoms with Gasteiger partial charge in [0.15, 0.2) is 0 Å². The molecule has 1 aromatic rings. The van der Waals surface area contributed by atoms with Gasteiger partial charge in [-0.1, -0.05) is 0 Å². The van der Waals surface area contributed by atoms with E-state index < -0.39 is 0 Å². The highest BCUT2D eigenvalue weighted by Gasteiger charge is 2.20. The van der Waals surface area contributed by atoms with Crippen molar-refractivity contribution in [1.82, 2.24) is 20.1 Å². The molecular formula is C13H22N4OS. The number of carbonyl (C=O) groups excluding carboxylic acids is 1. The van der Waals surface area contributed by atoms with E-state index >= 15 is 0 Å². The molecule has 1 saturated heterocycles. The predicted octanol–water partition coefficient (Wildman–Crippen LogP) is 0.705. The van der Waals surface area contributed by atoms with Crippen LogP contribution >= 0.6 is 11.3 Å². The number of aromatic nitrogens is 1. The first-order chi connectivity index (χ1) is 9.19. The molecule has 0 bridgehead atoms. The van der Waals surface area contributed by atoms with Crippen LogP contribution < -0.4 is 5.32 Å². The minimum Gasteiger partial charge on any atom is -0.340 e. The van der Waals surface area contributed by atoms with Crippen LogP contribution in [0.4, 0.5) is 0 Å². The highest BCUT2D eigenvalue weighted by Crippen LogP contribution is 2.15. The van der Waals surface area contributed by atoms with Gasteiger partial charge in [-0.15, -0.1) is 11.3 Å². The Morgan fingerprint density at radius 2 is 2.16 bits per heavy atom. The maximum absolute atomic E-state index is 11.9. The van der Waals surface area contributed by atoms with Gasteiger partial charge in [-0.05, 0) is 14.0 Å². The molecule has 0 spiro atoms. The van der Waals surface area contributed by atoms with Crippen molar-refractivity contribution in [1.29, 1.82) is 0 Å². The number of aryl methyl sites for hydroxylation is 1. The zero-order valence-corrected chi connectivity index (χ0v) is 12.5. The Hall–Kier alpha value is -0.980. The molecule has 5 nitrogen and oxygen atoms in total. The monoisotopic (exact) mass is 282 g/mol. The SMILES string of the molecule is CNCCC(=O)N1CCN(Cc2cnc(C)s2)CC1. The van der Waals surface area contributed by atoms with Crippen molar-refractivity contribution >= 4 is 17.2 Å². The molecule has 19 heavy (non-hydrogen) atoms. The van der Waals surface area contributed by atoms with Crippen LogP contribution in [0.25, 0.3) is 0 Å². The minimum absolute atomic E-state index is 0.266. The number of thiazole rings is 1. The fourth-order valence-electron chi connectivity index (χ4n) is 2.24. The van der Waals surface area contributed by atoms with Gasteiger partial charge in [0.2, 0.25) is 5.91 Å². The van der Waals surface area contributed by atoms with Crippen molar-refractivity contribution in [3.8, 4) is 0 Å². The first-order valence-electron chi connectivity index (χ1n) is 6.75. The van der Waals surface area contributed by atoms with Gasteiger partial charge in [-0.25, -0.2) is 4.98 Å². The summed E-state index contributed by atoms with van der Waals surface area (Å²) in [5.41, 5.74) is 0. The van der Waals surface area contributed by atoms with Crippen LogP contribution in [-0.2, 0) is 11.3 Å². The maximum Gasteiger partial charge on any atom is 0.223 e. The van der Waals surface area contributed by atoms with Crippen LogP contribution in [0.3, 0.4) is 0 Å². The molecule has 1 amide bonds. The van der Waals surface area contributed by atoms with Crippen molar-refractivity contribution < 1.29 is 4.79 Å². The third-order valence-corrected chi connectivity index (χ3v) is 4.26. The van der Waals surface area contributed by atoms with Gasteiger partial charge in [-0.2, -0.15) is 0 Å². The van der Waals surface area contributed by atoms with E-state index in [0.29, 0.717) is 6.42 Å². The molecule has 6 heteroatoms. The smallest absolute Gasteiger partial charge is 0.223 e. The van der Waals surface area contributed by atoms with Gasteiger partial charge in [0.05, 0.1) is 5.01 Å². The van der Waals surface area contributed by atoms with Gasteiger partial charge < -0.3 is 10.2 Å².